The van der Waals surface area contributed by atoms with Gasteiger partial charge in [-0.15, -0.1) is 0 Å². The number of ether oxygens (including phenoxy) is 1. The van der Waals surface area contributed by atoms with Gasteiger partial charge in [-0.05, 0) is 42.5 Å². The van der Waals surface area contributed by atoms with Gasteiger partial charge in [0.2, 0.25) is 0 Å². The van der Waals surface area contributed by atoms with Gasteiger partial charge in [0.05, 0.1) is 17.7 Å². The second-order valence-electron chi connectivity index (χ2n) is 5.32. The maximum Gasteiger partial charge on any atom is 0.339 e. The molecule has 0 aromatic heterocycles. The number of nitrogens with one attached hydrogen (secondary N) is 2. The number of carbonyl (C=O) groups is 1. The Labute approximate surface area is 176 Å². The average molecular weight is 447 g/mol. The molecule has 0 heterocycles. The van der Waals surface area contributed by atoms with Crippen LogP contribution in [0, 0.1) is 5.82 Å². The van der Waals surface area contributed by atoms with E-state index in [4.69, 9.17) is 35.4 Å². The Morgan fingerprint density at radius 3 is 2.74 bits per heavy atom. The molecule has 0 saturated carbocycles. The molecule has 144 valence electrons. The van der Waals surface area contributed by atoms with Gasteiger partial charge in [-0.3, -0.25) is 0 Å². The number of halogens is 3. The number of benzene rings is 2. The van der Waals surface area contributed by atoms with Crippen LogP contribution in [0.2, 0.25) is 10.0 Å². The van der Waals surface area contributed by atoms with Gasteiger partial charge in [-0.1, -0.05) is 29.3 Å². The van der Waals surface area contributed by atoms with Gasteiger partial charge in [0.25, 0.3) is 0 Å². The van der Waals surface area contributed by atoms with Crippen LogP contribution in [0.3, 0.4) is 0 Å². The largest absolute Gasteiger partial charge is 0.465 e. The quantitative estimate of drug-likeness (QED) is 0.348. The normalized spacial score (nSPS) is 10.4. The van der Waals surface area contributed by atoms with Crippen molar-refractivity contribution in [2.45, 2.75) is 5.75 Å². The molecule has 2 rings (SSSR count). The molecule has 0 atom stereocenters. The molecule has 0 aliphatic heterocycles. The predicted molar refractivity (Wildman–Crippen MR) is 115 cm³/mol. The monoisotopic (exact) mass is 446 g/mol. The summed E-state index contributed by atoms with van der Waals surface area (Å²) < 4.78 is 18.4. The van der Waals surface area contributed by atoms with Crippen LogP contribution in [0.5, 0.6) is 0 Å². The van der Waals surface area contributed by atoms with Crippen LogP contribution >= 0.6 is 47.2 Å². The van der Waals surface area contributed by atoms with Crippen LogP contribution in [-0.4, -0.2) is 30.5 Å². The third-order valence-electron chi connectivity index (χ3n) is 3.47. The summed E-state index contributed by atoms with van der Waals surface area (Å²) >= 11 is 18.7. The van der Waals surface area contributed by atoms with Crippen LogP contribution in [0.15, 0.2) is 36.4 Å². The minimum absolute atomic E-state index is 0.254. The first kappa shape index (κ1) is 21.8. The van der Waals surface area contributed by atoms with Gasteiger partial charge in [0, 0.05) is 34.3 Å². The molecule has 0 saturated heterocycles. The highest BCUT2D eigenvalue weighted by atomic mass is 35.5. The zero-order valence-electron chi connectivity index (χ0n) is 14.4. The number of esters is 1. The van der Waals surface area contributed by atoms with E-state index in [1.165, 1.54) is 13.2 Å². The topological polar surface area (TPSA) is 50.4 Å². The van der Waals surface area contributed by atoms with Gasteiger partial charge in [0.15, 0.2) is 5.11 Å². The van der Waals surface area contributed by atoms with E-state index < -0.39 is 5.97 Å². The Balaban J connectivity index is 1.77. The molecule has 0 fully saturated rings. The van der Waals surface area contributed by atoms with Gasteiger partial charge < -0.3 is 15.4 Å². The minimum Gasteiger partial charge on any atom is -0.465 e. The van der Waals surface area contributed by atoms with Gasteiger partial charge in [-0.25, -0.2) is 9.18 Å². The average Bonchev–Trinajstić information content (AvgIpc) is 2.64. The van der Waals surface area contributed by atoms with E-state index >= 15 is 0 Å². The first-order valence-electron chi connectivity index (χ1n) is 7.85. The fourth-order valence-corrected chi connectivity index (χ4v) is 3.74. The third-order valence-corrected chi connectivity index (χ3v) is 5.39. The SMILES string of the molecule is COC(=O)c1cc(NC(=S)NCCSCc2c(F)cccc2Cl)ccc1Cl. The number of anilines is 1. The summed E-state index contributed by atoms with van der Waals surface area (Å²) in [6.07, 6.45) is 0. The standard InChI is InChI=1S/C18H17Cl2FN2O2S2/c1-25-17(24)12-9-11(5-6-15(12)20)23-18(26)22-7-8-27-10-13-14(19)3-2-4-16(13)21/h2-6,9H,7-8,10H2,1H3,(H2,22,23,26). The van der Waals surface area contributed by atoms with Crippen LogP contribution in [0.25, 0.3) is 0 Å². The van der Waals surface area contributed by atoms with E-state index in [0.29, 0.717) is 44.5 Å². The molecule has 2 N–H and O–H groups in total. The minimum atomic E-state index is -0.522. The summed E-state index contributed by atoms with van der Waals surface area (Å²) in [7, 11) is 1.29. The summed E-state index contributed by atoms with van der Waals surface area (Å²) in [5.74, 6) is 0.364. The Bertz CT molecular complexity index is 817. The van der Waals surface area contributed by atoms with Crippen LogP contribution in [0.1, 0.15) is 15.9 Å². The lowest BCUT2D eigenvalue weighted by molar-refractivity contribution is 0.0601. The fraction of sp³-hybridized carbons (Fsp3) is 0.222. The predicted octanol–water partition coefficient (Wildman–Crippen LogP) is 5.14. The van der Waals surface area contributed by atoms with Crippen LogP contribution < -0.4 is 10.6 Å². The van der Waals surface area contributed by atoms with Gasteiger partial charge in [0.1, 0.15) is 5.82 Å². The van der Waals surface area contributed by atoms with Crippen molar-refractivity contribution in [3.8, 4) is 0 Å². The maximum atomic E-state index is 13.7. The highest BCUT2D eigenvalue weighted by molar-refractivity contribution is 7.98. The van der Waals surface area contributed by atoms with Crippen molar-refractivity contribution in [3.63, 3.8) is 0 Å². The maximum absolute atomic E-state index is 13.7. The first-order valence-corrected chi connectivity index (χ1v) is 10.2. The van der Waals surface area contributed by atoms with Gasteiger partial charge >= 0.3 is 5.97 Å². The molecule has 0 bridgehead atoms. The third kappa shape index (κ3) is 6.53. The Morgan fingerprint density at radius 1 is 1.26 bits per heavy atom. The van der Waals surface area contributed by atoms with Crippen LogP contribution in [-0.2, 0) is 10.5 Å². The van der Waals surface area contributed by atoms with Crippen molar-refractivity contribution in [1.82, 2.24) is 5.32 Å². The van der Waals surface area contributed by atoms with Crippen molar-refractivity contribution >= 4 is 64.0 Å². The molecule has 0 radical (unpaired) electrons. The highest BCUT2D eigenvalue weighted by Crippen LogP contribution is 2.24. The first-order chi connectivity index (χ1) is 12.9. The van der Waals surface area contributed by atoms with E-state index in [1.54, 1.807) is 42.1 Å². The number of rotatable bonds is 7. The molecule has 2 aromatic carbocycles. The fourth-order valence-electron chi connectivity index (χ4n) is 2.13. The van der Waals surface area contributed by atoms with Crippen molar-refractivity contribution in [2.75, 3.05) is 24.7 Å². The number of methoxy groups -OCH3 is 1. The van der Waals surface area contributed by atoms with Crippen molar-refractivity contribution < 1.29 is 13.9 Å². The lowest BCUT2D eigenvalue weighted by atomic mass is 10.2. The summed E-state index contributed by atoms with van der Waals surface area (Å²) in [4.78, 5) is 11.7. The molecule has 0 unspecified atom stereocenters. The summed E-state index contributed by atoms with van der Waals surface area (Å²) in [5.41, 5.74) is 1.37. The Hall–Kier alpha value is -1.54. The van der Waals surface area contributed by atoms with Crippen molar-refractivity contribution in [2.24, 2.45) is 0 Å². The van der Waals surface area contributed by atoms with E-state index in [1.807, 2.05) is 0 Å². The number of thiocarbonyl (C=S) groups is 1. The molecule has 0 aliphatic rings. The zero-order valence-corrected chi connectivity index (χ0v) is 17.5. The molecule has 0 amide bonds. The number of hydrogen-bond acceptors (Lipinski definition) is 4. The molecule has 27 heavy (non-hydrogen) atoms. The molecule has 2 aromatic rings. The van der Waals surface area contributed by atoms with Crippen molar-refractivity contribution in [3.05, 3.63) is 63.4 Å². The molecule has 0 spiro atoms. The molecular formula is C18H17Cl2FN2O2S2. The Kier molecular flexibility index (Phi) is 8.63. The van der Waals surface area contributed by atoms with E-state index in [0.717, 1.165) is 0 Å². The molecule has 0 aliphatic carbocycles. The lowest BCUT2D eigenvalue weighted by Crippen LogP contribution is -2.30. The smallest absolute Gasteiger partial charge is 0.339 e. The van der Waals surface area contributed by atoms with E-state index in [9.17, 15) is 9.18 Å². The van der Waals surface area contributed by atoms with E-state index in [-0.39, 0.29) is 11.4 Å². The summed E-state index contributed by atoms with van der Waals surface area (Å²) in [6.45, 7) is 0.583. The second kappa shape index (κ2) is 10.7. The Morgan fingerprint density at radius 2 is 2.04 bits per heavy atom. The number of thioether (sulfide) groups is 1. The lowest BCUT2D eigenvalue weighted by Gasteiger charge is -2.12. The molecule has 9 heteroatoms. The number of carbonyl (C=O) groups excluding carboxylic acids is 1. The molecular weight excluding hydrogens is 430 g/mol. The number of hydrogen-bond donors (Lipinski definition) is 2. The van der Waals surface area contributed by atoms with Crippen molar-refractivity contribution in [1.29, 1.82) is 0 Å². The zero-order chi connectivity index (χ0) is 19.8. The van der Waals surface area contributed by atoms with Crippen LogP contribution in [0.4, 0.5) is 10.1 Å². The van der Waals surface area contributed by atoms with Gasteiger partial charge in [-0.2, -0.15) is 11.8 Å². The second-order valence-corrected chi connectivity index (χ2v) is 7.65. The molecule has 4 nitrogen and oxygen atoms in total. The van der Waals surface area contributed by atoms with E-state index in [2.05, 4.69) is 15.4 Å². The summed E-state index contributed by atoms with van der Waals surface area (Å²) in [6, 6.07) is 9.52. The highest BCUT2D eigenvalue weighted by Gasteiger charge is 2.12. The summed E-state index contributed by atoms with van der Waals surface area (Å²) in [5, 5.41) is 7.16.